The molecule has 0 aliphatic heterocycles. The minimum atomic E-state index is -0.285. The predicted molar refractivity (Wildman–Crippen MR) is 115 cm³/mol. The topological polar surface area (TPSA) is 53.4 Å². The maximum absolute atomic E-state index is 13.3. The zero-order valence-electron chi connectivity index (χ0n) is 16.8. The van der Waals surface area contributed by atoms with Crippen LogP contribution in [0.15, 0.2) is 71.5 Å². The van der Waals surface area contributed by atoms with Crippen molar-refractivity contribution in [1.29, 1.82) is 0 Å². The van der Waals surface area contributed by atoms with Crippen LogP contribution in [0.2, 0.25) is 0 Å². The molecule has 0 aliphatic carbocycles. The van der Waals surface area contributed by atoms with Gasteiger partial charge in [0.2, 0.25) is 0 Å². The molecule has 0 fully saturated rings. The number of ether oxygens (including phenoxy) is 2. The van der Waals surface area contributed by atoms with Gasteiger partial charge in [0.1, 0.15) is 23.1 Å². The Morgan fingerprint density at radius 1 is 0.933 bits per heavy atom. The maximum Gasteiger partial charge on any atom is 0.261 e. The van der Waals surface area contributed by atoms with Crippen LogP contribution in [0.25, 0.3) is 22.3 Å². The summed E-state index contributed by atoms with van der Waals surface area (Å²) in [6, 6.07) is 19.0. The number of hydrogen-bond acceptors (Lipinski definition) is 4. The Bertz CT molecular complexity index is 1230. The number of aromatic nitrogens is 2. The third-order valence-corrected chi connectivity index (χ3v) is 5.01. The summed E-state index contributed by atoms with van der Waals surface area (Å²) < 4.78 is 25.7. The first-order valence-electron chi connectivity index (χ1n) is 9.56. The molecule has 6 heteroatoms. The van der Waals surface area contributed by atoms with Crippen LogP contribution < -0.4 is 15.0 Å². The summed E-state index contributed by atoms with van der Waals surface area (Å²) >= 11 is 0. The first kappa shape index (κ1) is 19.6. The monoisotopic (exact) mass is 404 g/mol. The van der Waals surface area contributed by atoms with Crippen molar-refractivity contribution in [2.24, 2.45) is 0 Å². The number of benzene rings is 3. The number of rotatable bonds is 6. The molecular formula is C24H21FN2O3. The Balaban J connectivity index is 1.86. The van der Waals surface area contributed by atoms with Gasteiger partial charge in [-0.1, -0.05) is 24.3 Å². The van der Waals surface area contributed by atoms with Gasteiger partial charge in [-0.3, -0.25) is 9.36 Å². The summed E-state index contributed by atoms with van der Waals surface area (Å²) in [5.41, 5.74) is 2.15. The lowest BCUT2D eigenvalue weighted by Gasteiger charge is -2.15. The lowest BCUT2D eigenvalue weighted by Crippen LogP contribution is -2.24. The van der Waals surface area contributed by atoms with E-state index in [-0.39, 0.29) is 11.4 Å². The van der Waals surface area contributed by atoms with Gasteiger partial charge >= 0.3 is 0 Å². The van der Waals surface area contributed by atoms with Gasteiger partial charge in [-0.15, -0.1) is 0 Å². The average Bonchev–Trinajstić information content (AvgIpc) is 2.79. The number of para-hydroxylation sites is 1. The third kappa shape index (κ3) is 3.89. The molecule has 0 aliphatic rings. The Morgan fingerprint density at radius 3 is 2.27 bits per heavy atom. The predicted octanol–water partition coefficient (Wildman–Crippen LogP) is 4.46. The van der Waals surface area contributed by atoms with E-state index in [2.05, 4.69) is 0 Å². The molecule has 0 atom stereocenters. The van der Waals surface area contributed by atoms with E-state index in [1.54, 1.807) is 43.1 Å². The van der Waals surface area contributed by atoms with E-state index in [4.69, 9.17) is 14.5 Å². The first-order chi connectivity index (χ1) is 14.6. The number of fused-ring (bicyclic) bond motifs is 1. The molecule has 0 unspecified atom stereocenters. The van der Waals surface area contributed by atoms with E-state index in [0.717, 1.165) is 5.56 Å². The van der Waals surface area contributed by atoms with E-state index < -0.39 is 0 Å². The van der Waals surface area contributed by atoms with Gasteiger partial charge in [-0.25, -0.2) is 9.37 Å². The maximum atomic E-state index is 13.3. The van der Waals surface area contributed by atoms with Crippen LogP contribution in [-0.4, -0.2) is 23.8 Å². The van der Waals surface area contributed by atoms with Crippen molar-refractivity contribution < 1.29 is 13.9 Å². The lowest BCUT2D eigenvalue weighted by molar-refractivity contribution is 0.394. The SMILES string of the molecule is COc1cc(OC)cc(-c2nc3ccccc3c(=O)n2CCc2ccc(F)cc2)c1. The number of hydrogen-bond donors (Lipinski definition) is 0. The van der Waals surface area contributed by atoms with Crippen LogP contribution in [0.5, 0.6) is 11.5 Å². The molecule has 3 aromatic carbocycles. The van der Waals surface area contributed by atoms with Crippen LogP contribution in [0.3, 0.4) is 0 Å². The van der Waals surface area contributed by atoms with E-state index in [1.807, 2.05) is 30.3 Å². The molecule has 0 radical (unpaired) electrons. The van der Waals surface area contributed by atoms with Gasteiger partial charge < -0.3 is 9.47 Å². The van der Waals surface area contributed by atoms with Crippen molar-refractivity contribution in [3.8, 4) is 22.9 Å². The summed E-state index contributed by atoms with van der Waals surface area (Å²) in [6.07, 6.45) is 0.564. The normalized spacial score (nSPS) is 10.9. The summed E-state index contributed by atoms with van der Waals surface area (Å²) in [6.45, 7) is 0.400. The fourth-order valence-electron chi connectivity index (χ4n) is 3.42. The Morgan fingerprint density at radius 2 is 1.60 bits per heavy atom. The van der Waals surface area contributed by atoms with Crippen molar-refractivity contribution >= 4 is 10.9 Å². The summed E-state index contributed by atoms with van der Waals surface area (Å²) in [4.78, 5) is 18.1. The smallest absolute Gasteiger partial charge is 0.261 e. The molecule has 1 aromatic heterocycles. The van der Waals surface area contributed by atoms with Gasteiger partial charge in [0.15, 0.2) is 0 Å². The largest absolute Gasteiger partial charge is 0.497 e. The summed E-state index contributed by atoms with van der Waals surface area (Å²) in [5.74, 6) is 1.46. The molecule has 152 valence electrons. The molecule has 0 saturated carbocycles. The van der Waals surface area contributed by atoms with Gasteiger partial charge in [-0.2, -0.15) is 0 Å². The number of halogens is 1. The second kappa shape index (κ2) is 8.37. The third-order valence-electron chi connectivity index (χ3n) is 5.01. The van der Waals surface area contributed by atoms with Crippen molar-refractivity contribution in [1.82, 2.24) is 9.55 Å². The van der Waals surface area contributed by atoms with E-state index in [1.165, 1.54) is 12.1 Å². The zero-order valence-corrected chi connectivity index (χ0v) is 16.8. The summed E-state index contributed by atoms with van der Waals surface area (Å²) in [5, 5.41) is 0.551. The van der Waals surface area contributed by atoms with Gasteiger partial charge in [-0.05, 0) is 48.4 Å². The van der Waals surface area contributed by atoms with E-state index in [9.17, 15) is 9.18 Å². The second-order valence-electron chi connectivity index (χ2n) is 6.89. The fraction of sp³-hybridized carbons (Fsp3) is 0.167. The highest BCUT2D eigenvalue weighted by molar-refractivity contribution is 5.80. The Kier molecular flexibility index (Phi) is 5.48. The van der Waals surface area contributed by atoms with Crippen LogP contribution in [0, 0.1) is 5.82 Å². The molecule has 0 spiro atoms. The van der Waals surface area contributed by atoms with Gasteiger partial charge in [0.05, 0.1) is 25.1 Å². The summed E-state index contributed by atoms with van der Waals surface area (Å²) in [7, 11) is 3.15. The van der Waals surface area contributed by atoms with Gasteiger partial charge in [0, 0.05) is 18.2 Å². The Labute approximate surface area is 173 Å². The van der Waals surface area contributed by atoms with Crippen LogP contribution in [0.4, 0.5) is 4.39 Å². The quantitative estimate of drug-likeness (QED) is 0.476. The fourth-order valence-corrected chi connectivity index (χ4v) is 3.42. The highest BCUT2D eigenvalue weighted by atomic mass is 19.1. The minimum Gasteiger partial charge on any atom is -0.497 e. The average molecular weight is 404 g/mol. The van der Waals surface area contributed by atoms with Crippen molar-refractivity contribution in [2.75, 3.05) is 14.2 Å². The van der Waals surface area contributed by atoms with Crippen LogP contribution in [0.1, 0.15) is 5.56 Å². The molecule has 4 rings (SSSR count). The molecule has 4 aromatic rings. The van der Waals surface area contributed by atoms with Crippen molar-refractivity contribution in [2.45, 2.75) is 13.0 Å². The van der Waals surface area contributed by atoms with Crippen molar-refractivity contribution in [3.63, 3.8) is 0 Å². The molecule has 0 saturated heterocycles. The van der Waals surface area contributed by atoms with E-state index in [0.29, 0.717) is 46.8 Å². The molecule has 1 heterocycles. The highest BCUT2D eigenvalue weighted by Crippen LogP contribution is 2.29. The number of nitrogens with zero attached hydrogens (tertiary/aromatic N) is 2. The molecule has 0 bridgehead atoms. The highest BCUT2D eigenvalue weighted by Gasteiger charge is 2.15. The molecule has 0 amide bonds. The molecular weight excluding hydrogens is 383 g/mol. The second-order valence-corrected chi connectivity index (χ2v) is 6.89. The number of aryl methyl sites for hydroxylation is 1. The zero-order chi connectivity index (χ0) is 21.1. The van der Waals surface area contributed by atoms with Gasteiger partial charge in [0.25, 0.3) is 5.56 Å². The van der Waals surface area contributed by atoms with Crippen LogP contribution >= 0.6 is 0 Å². The van der Waals surface area contributed by atoms with E-state index >= 15 is 0 Å². The lowest BCUT2D eigenvalue weighted by atomic mass is 10.1. The Hall–Kier alpha value is -3.67. The molecule has 0 N–H and O–H groups in total. The molecule has 30 heavy (non-hydrogen) atoms. The molecule has 5 nitrogen and oxygen atoms in total. The van der Waals surface area contributed by atoms with Crippen LogP contribution in [-0.2, 0) is 13.0 Å². The minimum absolute atomic E-state index is 0.125. The number of methoxy groups -OCH3 is 2. The standard InChI is InChI=1S/C24H21FN2O3/c1-29-19-13-17(14-20(15-19)30-2)23-26-22-6-4-3-5-21(22)24(28)27(23)12-11-16-7-9-18(25)10-8-16/h3-10,13-15H,11-12H2,1-2H3. The van der Waals surface area contributed by atoms with Crippen molar-refractivity contribution in [3.05, 3.63) is 88.5 Å². The first-order valence-corrected chi connectivity index (χ1v) is 9.56.